The van der Waals surface area contributed by atoms with E-state index in [2.05, 4.69) is 89.2 Å². The van der Waals surface area contributed by atoms with Crippen LogP contribution in [0.25, 0.3) is 0 Å². The van der Waals surface area contributed by atoms with Gasteiger partial charge in [-0.3, -0.25) is 9.59 Å². The van der Waals surface area contributed by atoms with Crippen molar-refractivity contribution < 1.29 is 19.1 Å². The predicted molar refractivity (Wildman–Crippen MR) is 319 cm³/mol. The van der Waals surface area contributed by atoms with Gasteiger partial charge in [0.05, 0.1) is 28.7 Å². The third-order valence-corrected chi connectivity index (χ3v) is 20.9. The highest BCUT2D eigenvalue weighted by Gasteiger charge is 2.35. The highest BCUT2D eigenvalue weighted by Crippen LogP contribution is 2.39. The Hall–Kier alpha value is -0.490. The first-order valence-electron chi connectivity index (χ1n) is 30.4. The summed E-state index contributed by atoms with van der Waals surface area (Å²) in [6, 6.07) is 0. The lowest BCUT2D eigenvalue weighted by Crippen LogP contribution is -2.42. The second-order valence-electron chi connectivity index (χ2n) is 21.2. The minimum absolute atomic E-state index is 0.0243. The molecule has 1 aromatic heterocycles. The number of esters is 2. The molecule has 0 aromatic carbocycles. The van der Waals surface area contributed by atoms with E-state index < -0.39 is 0 Å². The fourth-order valence-electron chi connectivity index (χ4n) is 9.83. The van der Waals surface area contributed by atoms with E-state index in [0.29, 0.717) is 35.2 Å². The third kappa shape index (κ3) is 39.5. The molecule has 1 aliphatic heterocycles. The fraction of sp³-hybridized carbons (Fsp3) is 0.917. The summed E-state index contributed by atoms with van der Waals surface area (Å²) in [5.41, 5.74) is 0.0243. The molecule has 0 spiro atoms. The van der Waals surface area contributed by atoms with Crippen molar-refractivity contribution in [2.45, 2.75) is 287 Å². The molecule has 0 N–H and O–H groups in total. The number of aryl methyl sites for hydroxylation is 1. The molecule has 71 heavy (non-hydrogen) atoms. The van der Waals surface area contributed by atoms with Crippen molar-refractivity contribution in [1.29, 1.82) is 0 Å². The monoisotopic (exact) mass is 1070 g/mol. The van der Waals surface area contributed by atoms with Crippen LogP contribution in [-0.2, 0) is 25.6 Å². The molecule has 0 saturated carbocycles. The van der Waals surface area contributed by atoms with E-state index in [1.54, 1.807) is 0 Å². The average Bonchev–Trinajstić information content (AvgIpc) is 3.91. The van der Waals surface area contributed by atoms with Gasteiger partial charge in [-0.25, -0.2) is 4.98 Å². The summed E-state index contributed by atoms with van der Waals surface area (Å²) in [6.45, 7) is 14.3. The number of aromatic nitrogens is 2. The van der Waals surface area contributed by atoms with Crippen molar-refractivity contribution in [1.82, 2.24) is 14.5 Å². The maximum absolute atomic E-state index is 13.4. The number of carbonyl (C=O) groups is 2. The number of carbonyl (C=O) groups excluding carboxylic acids is 2. The number of hydrogen-bond donors (Lipinski definition) is 0. The summed E-state index contributed by atoms with van der Waals surface area (Å²) in [5, 5.41) is 0. The standard InChI is InChI=1S/C60H113N3O4S4/c1-5-9-13-17-21-25-31-51-68-58(69-52-32-26-22-18-14-10-6-2)37-35-56(64)66-49-41-60(39-46-62(47-40-60)44-29-30-45-63-48-43-61-55-63)42-50-67-57(65)36-38-59(70-53-33-27-23-19-15-11-7-3)71-54-34-28-24-20-16-12-8-4/h43,48,55,58-59H,5-42,44-47,49-54H2,1-4H3. The van der Waals surface area contributed by atoms with Gasteiger partial charge < -0.3 is 18.9 Å². The molecule has 7 nitrogen and oxygen atoms in total. The molecular formula is C60H113N3O4S4. The number of rotatable bonds is 53. The number of imidazole rings is 1. The Labute approximate surface area is 457 Å². The maximum Gasteiger partial charge on any atom is 0.305 e. The van der Waals surface area contributed by atoms with Crippen molar-refractivity contribution in [3.05, 3.63) is 18.7 Å². The van der Waals surface area contributed by atoms with Crippen LogP contribution in [0.1, 0.15) is 272 Å². The second-order valence-corrected chi connectivity index (χ2v) is 27.0. The van der Waals surface area contributed by atoms with Crippen molar-refractivity contribution in [2.24, 2.45) is 5.41 Å². The zero-order valence-electron chi connectivity index (χ0n) is 46.9. The minimum Gasteiger partial charge on any atom is -0.466 e. The highest BCUT2D eigenvalue weighted by molar-refractivity contribution is 8.17. The van der Waals surface area contributed by atoms with E-state index in [9.17, 15) is 9.59 Å². The Morgan fingerprint density at radius 3 is 1.20 bits per heavy atom. The number of ether oxygens (including phenoxy) is 2. The molecule has 2 rings (SSSR count). The average molecular weight is 1070 g/mol. The van der Waals surface area contributed by atoms with E-state index in [1.165, 1.54) is 209 Å². The number of piperidine rings is 1. The van der Waals surface area contributed by atoms with Crippen molar-refractivity contribution in [3.8, 4) is 0 Å². The zero-order chi connectivity index (χ0) is 51.0. The van der Waals surface area contributed by atoms with Crippen LogP contribution in [0.2, 0.25) is 0 Å². The van der Waals surface area contributed by atoms with Gasteiger partial charge in [-0.2, -0.15) is 0 Å². The van der Waals surface area contributed by atoms with Crippen molar-refractivity contribution in [2.75, 3.05) is 55.9 Å². The van der Waals surface area contributed by atoms with Crippen LogP contribution < -0.4 is 0 Å². The topological polar surface area (TPSA) is 73.7 Å². The minimum atomic E-state index is -0.0378. The number of unbranched alkanes of at least 4 members (excludes halogenated alkanes) is 25. The number of thioether (sulfide) groups is 4. The van der Waals surface area contributed by atoms with E-state index in [0.717, 1.165) is 71.1 Å². The van der Waals surface area contributed by atoms with E-state index in [4.69, 9.17) is 9.47 Å². The first-order valence-corrected chi connectivity index (χ1v) is 34.6. The Kier molecular flexibility index (Phi) is 46.1. The molecule has 0 bridgehead atoms. The summed E-state index contributed by atoms with van der Waals surface area (Å²) >= 11 is 8.37. The lowest BCUT2D eigenvalue weighted by Gasteiger charge is -2.42. The molecule has 0 amide bonds. The van der Waals surface area contributed by atoms with Gasteiger partial charge in [0, 0.05) is 31.8 Å². The molecule has 1 aliphatic rings. The first kappa shape index (κ1) is 66.6. The molecule has 0 radical (unpaired) electrons. The molecule has 1 saturated heterocycles. The van der Waals surface area contributed by atoms with E-state index >= 15 is 0 Å². The van der Waals surface area contributed by atoms with Gasteiger partial charge >= 0.3 is 11.9 Å². The SMILES string of the molecule is CCCCCCCCCSC(CCC(=O)OCCC1(CCOC(=O)CCC(SCCCCCCCCC)SCCCCCCCCC)CCN(CCCCn2ccnc2)CC1)SCCCCCCCCC. The summed E-state index contributed by atoms with van der Waals surface area (Å²) < 4.78 is 15.3. The molecule has 0 aliphatic carbocycles. The van der Waals surface area contributed by atoms with Gasteiger partial charge in [0.25, 0.3) is 0 Å². The van der Waals surface area contributed by atoms with Gasteiger partial charge in [-0.05, 0) is 125 Å². The highest BCUT2D eigenvalue weighted by atomic mass is 32.2. The molecule has 416 valence electrons. The Morgan fingerprint density at radius 1 is 0.493 bits per heavy atom. The fourth-order valence-corrected chi connectivity index (χ4v) is 15.4. The number of nitrogens with zero attached hydrogens (tertiary/aromatic N) is 3. The summed E-state index contributed by atoms with van der Waals surface area (Å²) in [6.07, 6.45) is 52.3. The summed E-state index contributed by atoms with van der Waals surface area (Å²) in [4.78, 5) is 33.6. The summed E-state index contributed by atoms with van der Waals surface area (Å²) in [5.74, 6) is 4.72. The largest absolute Gasteiger partial charge is 0.466 e. The van der Waals surface area contributed by atoms with Crippen molar-refractivity contribution >= 4 is 59.0 Å². The molecular weight excluding hydrogens is 955 g/mol. The first-order chi connectivity index (χ1) is 34.9. The lowest BCUT2D eigenvalue weighted by molar-refractivity contribution is -0.145. The third-order valence-electron chi connectivity index (χ3n) is 14.8. The van der Waals surface area contributed by atoms with E-state index in [1.807, 2.05) is 18.7 Å². The number of hydrogen-bond acceptors (Lipinski definition) is 10. The molecule has 2 heterocycles. The Balaban J connectivity index is 1.90. The van der Waals surface area contributed by atoms with Crippen LogP contribution >= 0.6 is 47.0 Å². The Morgan fingerprint density at radius 2 is 0.845 bits per heavy atom. The second kappa shape index (κ2) is 49.1. The van der Waals surface area contributed by atoms with Crippen LogP contribution in [-0.4, -0.2) is 91.4 Å². The van der Waals surface area contributed by atoms with Crippen LogP contribution in [0, 0.1) is 5.41 Å². The van der Waals surface area contributed by atoms with Gasteiger partial charge in [0.15, 0.2) is 0 Å². The zero-order valence-corrected chi connectivity index (χ0v) is 50.2. The number of likely N-dealkylation sites (tertiary alicyclic amines) is 1. The quantitative estimate of drug-likeness (QED) is 0.0358. The van der Waals surface area contributed by atoms with Crippen LogP contribution in [0.15, 0.2) is 18.7 Å². The van der Waals surface area contributed by atoms with Crippen LogP contribution in [0.3, 0.4) is 0 Å². The smallest absolute Gasteiger partial charge is 0.305 e. The molecule has 1 aromatic rings. The van der Waals surface area contributed by atoms with Gasteiger partial charge in [0.1, 0.15) is 0 Å². The van der Waals surface area contributed by atoms with Gasteiger partial charge in [-0.1, -0.05) is 182 Å². The maximum atomic E-state index is 13.4. The van der Waals surface area contributed by atoms with Crippen LogP contribution in [0.5, 0.6) is 0 Å². The molecule has 0 unspecified atom stereocenters. The molecule has 11 heteroatoms. The summed E-state index contributed by atoms with van der Waals surface area (Å²) in [7, 11) is 0. The normalized spacial score (nSPS) is 14.0. The van der Waals surface area contributed by atoms with E-state index in [-0.39, 0.29) is 17.4 Å². The van der Waals surface area contributed by atoms with Crippen molar-refractivity contribution in [3.63, 3.8) is 0 Å². The lowest BCUT2D eigenvalue weighted by atomic mass is 9.73. The predicted octanol–water partition coefficient (Wildman–Crippen LogP) is 18.8. The molecule has 0 atom stereocenters. The van der Waals surface area contributed by atoms with Gasteiger partial charge in [-0.15, -0.1) is 47.0 Å². The Bertz CT molecular complexity index is 1190. The molecule has 1 fully saturated rings. The van der Waals surface area contributed by atoms with Crippen LogP contribution in [0.4, 0.5) is 0 Å². The van der Waals surface area contributed by atoms with Gasteiger partial charge in [0.2, 0.25) is 0 Å².